The molecule has 4 atom stereocenters. The van der Waals surface area contributed by atoms with Crippen LogP contribution in [0.3, 0.4) is 0 Å². The zero-order chi connectivity index (χ0) is 33.2. The number of benzene rings is 2. The molecule has 0 radical (unpaired) electrons. The summed E-state index contributed by atoms with van der Waals surface area (Å²) in [6, 6.07) is 10.4. The van der Waals surface area contributed by atoms with E-state index < -0.39 is 47.9 Å². The average molecular weight is 650 g/mol. The van der Waals surface area contributed by atoms with Crippen molar-refractivity contribution in [3.8, 4) is 0 Å². The van der Waals surface area contributed by atoms with E-state index in [-0.39, 0.29) is 37.5 Å². The van der Waals surface area contributed by atoms with Gasteiger partial charge in [0.05, 0.1) is 6.04 Å². The lowest BCUT2D eigenvalue weighted by atomic mass is 10.0. The molecule has 2 heterocycles. The summed E-state index contributed by atoms with van der Waals surface area (Å²) in [4.78, 5) is 62.5. The van der Waals surface area contributed by atoms with Crippen LogP contribution in [0, 0.1) is 0 Å². The molecule has 4 unspecified atom stereocenters. The number of H-pyrrole nitrogens is 2. The number of carboxylic acid groups (broad SMARTS) is 1. The number of hydrogen-bond acceptors (Lipinski definition) is 7. The molecule has 0 aliphatic heterocycles. The number of nitrogens with one attached hydrogen (secondary N) is 5. The molecule has 0 fully saturated rings. The highest BCUT2D eigenvalue weighted by molar-refractivity contribution is 7.80. The van der Waals surface area contributed by atoms with Crippen LogP contribution in [0.25, 0.3) is 21.8 Å². The van der Waals surface area contributed by atoms with E-state index in [1.54, 1.807) is 12.4 Å². The van der Waals surface area contributed by atoms with Crippen LogP contribution in [0.4, 0.5) is 0 Å². The van der Waals surface area contributed by atoms with Crippen LogP contribution in [-0.4, -0.2) is 81.2 Å². The number of amides is 3. The Morgan fingerprint density at radius 3 is 1.74 bits per heavy atom. The minimum atomic E-state index is -1.28. The van der Waals surface area contributed by atoms with Crippen LogP contribution in [-0.2, 0) is 32.0 Å². The van der Waals surface area contributed by atoms with Crippen molar-refractivity contribution in [1.29, 1.82) is 0 Å². The fraction of sp³-hybridized carbons (Fsp3) is 0.323. The van der Waals surface area contributed by atoms with Crippen LogP contribution >= 0.6 is 12.6 Å². The summed E-state index contributed by atoms with van der Waals surface area (Å²) in [6.07, 6.45) is 4.31. The molecule has 0 bridgehead atoms. The molecule has 0 saturated heterocycles. The maximum Gasteiger partial charge on any atom is 0.327 e. The predicted octanol–water partition coefficient (Wildman–Crippen LogP) is 0.284. The Kier molecular flexibility index (Phi) is 11.6. The van der Waals surface area contributed by atoms with Gasteiger partial charge in [0.2, 0.25) is 17.7 Å². The lowest BCUT2D eigenvalue weighted by Gasteiger charge is -2.25. The number of aromatic nitrogens is 2. The Morgan fingerprint density at radius 1 is 0.783 bits per heavy atom. The fourth-order valence-corrected chi connectivity index (χ4v) is 5.37. The number of carbonyl (C=O) groups is 4. The molecule has 4 aromatic rings. The van der Waals surface area contributed by atoms with Gasteiger partial charge >= 0.3 is 5.97 Å². The maximum absolute atomic E-state index is 14.0. The minimum Gasteiger partial charge on any atom is -0.480 e. The van der Waals surface area contributed by atoms with Crippen molar-refractivity contribution in [3.63, 3.8) is 0 Å². The lowest BCUT2D eigenvalue weighted by Crippen LogP contribution is -2.58. The Bertz CT molecular complexity index is 1710. The molecule has 0 aliphatic carbocycles. The number of nitrogens with two attached hydrogens (primary N) is 3. The first-order valence-electron chi connectivity index (χ1n) is 14.7. The van der Waals surface area contributed by atoms with Crippen molar-refractivity contribution < 1.29 is 24.3 Å². The third-order valence-electron chi connectivity index (χ3n) is 7.57. The largest absolute Gasteiger partial charge is 0.480 e. The van der Waals surface area contributed by atoms with Crippen LogP contribution in [0.1, 0.15) is 24.0 Å². The van der Waals surface area contributed by atoms with Gasteiger partial charge in [-0.1, -0.05) is 36.4 Å². The average Bonchev–Trinajstić information content (AvgIpc) is 3.64. The SMILES string of the molecule is NC(N)=NCCCC(N)C(=O)NC(Cc1c[nH]c2ccccc12)C(=O)NC(Cc1c[nH]c2ccccc12)C(=O)NC(CS)C(=O)O. The highest BCUT2D eigenvalue weighted by Gasteiger charge is 2.31. The van der Waals surface area contributed by atoms with Gasteiger partial charge < -0.3 is 48.2 Å². The van der Waals surface area contributed by atoms with Crippen LogP contribution in [0.5, 0.6) is 0 Å². The Morgan fingerprint density at radius 2 is 1.26 bits per heavy atom. The molecule has 0 saturated carbocycles. The molecule has 2 aromatic carbocycles. The summed E-state index contributed by atoms with van der Waals surface area (Å²) in [6.45, 7) is 0.289. The van der Waals surface area contributed by atoms with Gasteiger partial charge in [-0.2, -0.15) is 12.6 Å². The maximum atomic E-state index is 14.0. The minimum absolute atomic E-state index is 0.0402. The third-order valence-corrected chi connectivity index (χ3v) is 7.93. The number of aliphatic carboxylic acids is 1. The molecule has 14 nitrogen and oxygen atoms in total. The first kappa shape index (κ1) is 33.9. The molecule has 12 N–H and O–H groups in total. The highest BCUT2D eigenvalue weighted by atomic mass is 32.1. The lowest BCUT2D eigenvalue weighted by molar-refractivity contribution is -0.141. The third kappa shape index (κ3) is 8.79. The standard InChI is InChI=1S/C31H39N9O5S/c32-21(8-5-11-35-31(33)34)27(41)38-24(12-17-14-36-22-9-3-1-6-19(17)22)28(42)39-25(29(43)40-26(16-46)30(44)45)13-18-15-37-23-10-4-2-7-20(18)23/h1-4,6-7,9-10,14-15,21,24-26,36-37,46H,5,8,11-13,16,32H2,(H,38,41)(H,39,42)(H,40,43)(H,44,45)(H4,33,34,35). The molecule has 4 rings (SSSR count). The monoisotopic (exact) mass is 649 g/mol. The summed E-state index contributed by atoms with van der Waals surface area (Å²) in [5.41, 5.74) is 20.0. The zero-order valence-electron chi connectivity index (χ0n) is 25.0. The van der Waals surface area contributed by atoms with Gasteiger partial charge in [0.25, 0.3) is 0 Å². The van der Waals surface area contributed by atoms with E-state index >= 15 is 0 Å². The first-order valence-corrected chi connectivity index (χ1v) is 15.4. The van der Waals surface area contributed by atoms with E-state index in [1.165, 1.54) is 0 Å². The molecular formula is C31H39N9O5S. The number of aromatic amines is 2. The molecule has 15 heteroatoms. The van der Waals surface area contributed by atoms with Crippen LogP contribution in [0.15, 0.2) is 65.9 Å². The molecule has 2 aromatic heterocycles. The van der Waals surface area contributed by atoms with E-state index in [2.05, 4.69) is 43.5 Å². The first-order chi connectivity index (χ1) is 22.1. The van der Waals surface area contributed by atoms with Crippen molar-refractivity contribution in [2.75, 3.05) is 12.3 Å². The molecule has 46 heavy (non-hydrogen) atoms. The fourth-order valence-electron chi connectivity index (χ4n) is 5.12. The summed E-state index contributed by atoms with van der Waals surface area (Å²) >= 11 is 4.04. The van der Waals surface area contributed by atoms with Crippen molar-refractivity contribution in [1.82, 2.24) is 25.9 Å². The second kappa shape index (κ2) is 15.8. The number of rotatable bonds is 16. The summed E-state index contributed by atoms with van der Waals surface area (Å²) in [5.74, 6) is -3.42. The van der Waals surface area contributed by atoms with Crippen molar-refractivity contribution in [2.24, 2.45) is 22.2 Å². The quantitative estimate of drug-likeness (QED) is 0.0349. The summed E-state index contributed by atoms with van der Waals surface area (Å²) in [5, 5.41) is 19.2. The number of guanidine groups is 1. The van der Waals surface area contributed by atoms with Crippen LogP contribution in [0.2, 0.25) is 0 Å². The van der Waals surface area contributed by atoms with Gasteiger partial charge in [-0.15, -0.1) is 0 Å². The van der Waals surface area contributed by atoms with Gasteiger partial charge in [0.1, 0.15) is 18.1 Å². The topological polar surface area (TPSA) is 247 Å². The molecule has 0 spiro atoms. The zero-order valence-corrected chi connectivity index (χ0v) is 25.9. The molecule has 244 valence electrons. The molecular weight excluding hydrogens is 610 g/mol. The smallest absolute Gasteiger partial charge is 0.327 e. The van der Waals surface area contributed by atoms with Crippen molar-refractivity contribution >= 4 is 64.1 Å². The number of para-hydroxylation sites is 2. The van der Waals surface area contributed by atoms with Crippen molar-refractivity contribution in [2.45, 2.75) is 49.9 Å². The molecule has 0 aliphatic rings. The van der Waals surface area contributed by atoms with Gasteiger partial charge in [-0.25, -0.2) is 4.79 Å². The number of carboxylic acids is 1. The Balaban J connectivity index is 1.59. The van der Waals surface area contributed by atoms with E-state index in [4.69, 9.17) is 17.2 Å². The van der Waals surface area contributed by atoms with E-state index in [0.29, 0.717) is 6.42 Å². The second-order valence-electron chi connectivity index (χ2n) is 10.9. The Hall–Kier alpha value is -5.02. The number of thiol groups is 1. The van der Waals surface area contributed by atoms with E-state index in [1.807, 2.05) is 48.5 Å². The second-order valence-corrected chi connectivity index (χ2v) is 11.3. The highest BCUT2D eigenvalue weighted by Crippen LogP contribution is 2.21. The predicted molar refractivity (Wildman–Crippen MR) is 179 cm³/mol. The van der Waals surface area contributed by atoms with Gasteiger partial charge in [-0.3, -0.25) is 19.4 Å². The number of aliphatic imine (C=N–C) groups is 1. The number of hydrogen-bond donors (Lipinski definition) is 10. The molecule has 3 amide bonds. The van der Waals surface area contributed by atoms with E-state index in [9.17, 15) is 24.3 Å². The van der Waals surface area contributed by atoms with Crippen LogP contribution < -0.4 is 33.2 Å². The van der Waals surface area contributed by atoms with Gasteiger partial charge in [0.15, 0.2) is 5.96 Å². The van der Waals surface area contributed by atoms with Gasteiger partial charge in [-0.05, 0) is 36.1 Å². The summed E-state index contributed by atoms with van der Waals surface area (Å²) in [7, 11) is 0. The van der Waals surface area contributed by atoms with Crippen molar-refractivity contribution in [3.05, 3.63) is 72.1 Å². The normalized spacial score (nSPS) is 13.8. The summed E-state index contributed by atoms with van der Waals surface area (Å²) < 4.78 is 0. The number of fused-ring (bicyclic) bond motifs is 2. The number of nitrogens with zero attached hydrogens (tertiary/aromatic N) is 1. The number of carbonyl (C=O) groups excluding carboxylic acids is 3. The Labute approximate surface area is 270 Å². The van der Waals surface area contributed by atoms with E-state index in [0.717, 1.165) is 32.9 Å². The van der Waals surface area contributed by atoms with Gasteiger partial charge in [0, 0.05) is 59.3 Å².